The van der Waals surface area contributed by atoms with Crippen molar-refractivity contribution in [2.24, 2.45) is 5.73 Å². The molecule has 0 aliphatic carbocycles. The van der Waals surface area contributed by atoms with Gasteiger partial charge in [0, 0.05) is 6.54 Å². The maximum atomic E-state index is 5.37. The molecule has 0 aromatic carbocycles. The van der Waals surface area contributed by atoms with E-state index in [-0.39, 0.29) is 0 Å². The van der Waals surface area contributed by atoms with Crippen LogP contribution in [0.1, 0.15) is 12.6 Å². The summed E-state index contributed by atoms with van der Waals surface area (Å²) in [6, 6.07) is 0. The molecule has 1 aromatic rings. The second kappa shape index (κ2) is 5.27. The Morgan fingerprint density at radius 2 is 2.31 bits per heavy atom. The first-order valence-corrected chi connectivity index (χ1v) is 4.11. The molecule has 0 bridgehead atoms. The van der Waals surface area contributed by atoms with E-state index in [9.17, 15) is 0 Å². The quantitative estimate of drug-likeness (QED) is 0.697. The molecule has 1 rings (SSSR count). The van der Waals surface area contributed by atoms with Gasteiger partial charge in [-0.2, -0.15) is 0 Å². The number of nitrogens with zero attached hydrogens (tertiary/aromatic N) is 2. The summed E-state index contributed by atoms with van der Waals surface area (Å²) in [7, 11) is 0. The zero-order valence-electron chi connectivity index (χ0n) is 7.60. The fourth-order valence-corrected chi connectivity index (χ4v) is 0.753. The molecule has 0 amide bonds. The molecular weight excluding hydrogens is 166 g/mol. The Balaban J connectivity index is 2.49. The van der Waals surface area contributed by atoms with Crippen LogP contribution in [0.3, 0.4) is 0 Å². The van der Waals surface area contributed by atoms with Crippen molar-refractivity contribution in [3.8, 4) is 5.88 Å². The molecule has 1 heterocycles. The van der Waals surface area contributed by atoms with Gasteiger partial charge in [-0.3, -0.25) is 4.98 Å². The number of hydrogen-bond donors (Lipinski definition) is 1. The van der Waals surface area contributed by atoms with Crippen molar-refractivity contribution < 1.29 is 4.74 Å². The molecule has 4 nitrogen and oxygen atoms in total. The fourth-order valence-electron chi connectivity index (χ4n) is 0.753. The molecule has 13 heavy (non-hydrogen) atoms. The normalized spacial score (nSPS) is 10.6. The van der Waals surface area contributed by atoms with Gasteiger partial charge in [0.25, 0.3) is 0 Å². The van der Waals surface area contributed by atoms with E-state index in [4.69, 9.17) is 10.5 Å². The van der Waals surface area contributed by atoms with E-state index >= 15 is 0 Å². The topological polar surface area (TPSA) is 61.0 Å². The summed E-state index contributed by atoms with van der Waals surface area (Å²) in [5.74, 6) is 0.523. The molecule has 0 atom stereocenters. The summed E-state index contributed by atoms with van der Waals surface area (Å²) in [5, 5.41) is 0. The first-order chi connectivity index (χ1) is 6.36. The molecule has 0 fully saturated rings. The summed E-state index contributed by atoms with van der Waals surface area (Å²) in [5.41, 5.74) is 6.13. The van der Waals surface area contributed by atoms with Crippen LogP contribution in [0.25, 0.3) is 0 Å². The lowest BCUT2D eigenvalue weighted by Gasteiger charge is -2.01. The van der Waals surface area contributed by atoms with Crippen LogP contribution < -0.4 is 10.5 Å². The first kappa shape index (κ1) is 9.67. The number of allylic oxidation sites excluding steroid dienone is 1. The number of hydrogen-bond acceptors (Lipinski definition) is 4. The molecule has 0 radical (unpaired) electrons. The van der Waals surface area contributed by atoms with Gasteiger partial charge in [-0.05, 0) is 6.92 Å². The Bertz CT molecular complexity index is 269. The molecule has 2 N–H and O–H groups in total. The molecular formula is C9H13N3O. The zero-order chi connectivity index (χ0) is 9.52. The Morgan fingerprint density at radius 1 is 1.46 bits per heavy atom. The van der Waals surface area contributed by atoms with Crippen molar-refractivity contribution >= 4 is 0 Å². The van der Waals surface area contributed by atoms with E-state index in [2.05, 4.69) is 9.97 Å². The van der Waals surface area contributed by atoms with Crippen LogP contribution in [0, 0.1) is 0 Å². The van der Waals surface area contributed by atoms with Crippen molar-refractivity contribution in [1.82, 2.24) is 9.97 Å². The Labute approximate surface area is 77.5 Å². The summed E-state index contributed by atoms with van der Waals surface area (Å²) in [6.07, 6.45) is 7.01. The SMILES string of the molecule is C/C=C/COc1cnc(CN)cn1. The third-order valence-corrected chi connectivity index (χ3v) is 1.45. The number of aromatic nitrogens is 2. The summed E-state index contributed by atoms with van der Waals surface area (Å²) >= 11 is 0. The van der Waals surface area contributed by atoms with Crippen LogP contribution in [-0.2, 0) is 6.54 Å². The Hall–Kier alpha value is -1.42. The molecule has 0 saturated carbocycles. The van der Waals surface area contributed by atoms with Crippen molar-refractivity contribution in [2.45, 2.75) is 13.5 Å². The third-order valence-electron chi connectivity index (χ3n) is 1.45. The summed E-state index contributed by atoms with van der Waals surface area (Å²) < 4.78 is 5.24. The van der Waals surface area contributed by atoms with Crippen LogP contribution in [-0.4, -0.2) is 16.6 Å². The van der Waals surface area contributed by atoms with E-state index in [0.717, 1.165) is 5.69 Å². The van der Waals surface area contributed by atoms with Crippen molar-refractivity contribution in [3.05, 3.63) is 30.2 Å². The highest BCUT2D eigenvalue weighted by Gasteiger charge is 1.94. The second-order valence-corrected chi connectivity index (χ2v) is 2.43. The molecule has 70 valence electrons. The number of ether oxygens (including phenoxy) is 1. The predicted octanol–water partition coefficient (Wildman–Crippen LogP) is 0.890. The van der Waals surface area contributed by atoms with E-state index < -0.39 is 0 Å². The first-order valence-electron chi connectivity index (χ1n) is 4.11. The third kappa shape index (κ3) is 3.21. The summed E-state index contributed by atoms with van der Waals surface area (Å²) in [4.78, 5) is 8.06. The number of nitrogens with two attached hydrogens (primary N) is 1. The van der Waals surface area contributed by atoms with E-state index in [1.165, 1.54) is 0 Å². The van der Waals surface area contributed by atoms with Crippen molar-refractivity contribution in [3.63, 3.8) is 0 Å². The van der Waals surface area contributed by atoms with Crippen molar-refractivity contribution in [1.29, 1.82) is 0 Å². The van der Waals surface area contributed by atoms with Gasteiger partial charge in [-0.15, -0.1) is 0 Å². The van der Waals surface area contributed by atoms with Crippen LogP contribution >= 0.6 is 0 Å². The van der Waals surface area contributed by atoms with Gasteiger partial charge in [0.05, 0.1) is 18.1 Å². The minimum absolute atomic E-state index is 0.405. The van der Waals surface area contributed by atoms with Gasteiger partial charge in [0.2, 0.25) is 5.88 Å². The standard InChI is InChI=1S/C9H13N3O/c1-2-3-4-13-9-7-11-8(5-10)6-12-9/h2-3,6-7H,4-5,10H2,1H3/b3-2+. The minimum atomic E-state index is 0.405. The average molecular weight is 179 g/mol. The van der Waals surface area contributed by atoms with Gasteiger partial charge in [-0.1, -0.05) is 12.2 Å². The van der Waals surface area contributed by atoms with Crippen LogP contribution in [0.15, 0.2) is 24.5 Å². The molecule has 0 saturated heterocycles. The lowest BCUT2D eigenvalue weighted by Crippen LogP contribution is -2.02. The molecule has 1 aromatic heterocycles. The van der Waals surface area contributed by atoms with Gasteiger partial charge in [0.1, 0.15) is 6.61 Å². The zero-order valence-corrected chi connectivity index (χ0v) is 7.60. The van der Waals surface area contributed by atoms with Gasteiger partial charge in [-0.25, -0.2) is 4.98 Å². The lowest BCUT2D eigenvalue weighted by molar-refractivity contribution is 0.346. The molecule has 0 spiro atoms. The number of rotatable bonds is 4. The van der Waals surface area contributed by atoms with Crippen LogP contribution in [0.4, 0.5) is 0 Å². The lowest BCUT2D eigenvalue weighted by atomic mass is 10.5. The monoisotopic (exact) mass is 179 g/mol. The molecule has 0 unspecified atom stereocenters. The fraction of sp³-hybridized carbons (Fsp3) is 0.333. The van der Waals surface area contributed by atoms with E-state index in [1.54, 1.807) is 12.4 Å². The second-order valence-electron chi connectivity index (χ2n) is 2.43. The Kier molecular flexibility index (Phi) is 3.92. The minimum Gasteiger partial charge on any atom is -0.472 e. The van der Waals surface area contributed by atoms with Gasteiger partial charge in [0.15, 0.2) is 0 Å². The predicted molar refractivity (Wildman–Crippen MR) is 50.2 cm³/mol. The average Bonchev–Trinajstić information content (AvgIpc) is 2.19. The largest absolute Gasteiger partial charge is 0.472 e. The van der Waals surface area contributed by atoms with E-state index in [1.807, 2.05) is 19.1 Å². The summed E-state index contributed by atoms with van der Waals surface area (Å²) in [6.45, 7) is 2.86. The highest BCUT2D eigenvalue weighted by Crippen LogP contribution is 2.03. The van der Waals surface area contributed by atoms with Crippen LogP contribution in [0.5, 0.6) is 5.88 Å². The molecule has 4 heteroatoms. The Morgan fingerprint density at radius 3 is 2.85 bits per heavy atom. The molecule has 0 aliphatic rings. The van der Waals surface area contributed by atoms with Crippen LogP contribution in [0.2, 0.25) is 0 Å². The maximum absolute atomic E-state index is 5.37. The van der Waals surface area contributed by atoms with E-state index in [0.29, 0.717) is 19.0 Å². The maximum Gasteiger partial charge on any atom is 0.232 e. The van der Waals surface area contributed by atoms with Gasteiger partial charge >= 0.3 is 0 Å². The highest BCUT2D eigenvalue weighted by atomic mass is 16.5. The van der Waals surface area contributed by atoms with Crippen molar-refractivity contribution in [2.75, 3.05) is 6.61 Å². The van der Waals surface area contributed by atoms with Gasteiger partial charge < -0.3 is 10.5 Å². The molecule has 0 aliphatic heterocycles. The smallest absolute Gasteiger partial charge is 0.232 e. The highest BCUT2D eigenvalue weighted by molar-refractivity contribution is 5.07.